The number of hydrogen-bond acceptors (Lipinski definition) is 4. The molecule has 16 heavy (non-hydrogen) atoms. The first-order valence-corrected chi connectivity index (χ1v) is 5.57. The van der Waals surface area contributed by atoms with Crippen molar-refractivity contribution >= 4 is 28.5 Å². The molecule has 0 aliphatic rings. The van der Waals surface area contributed by atoms with Crippen LogP contribution in [0.25, 0.3) is 6.08 Å². The minimum Gasteiger partial charge on any atom is -0.462 e. The standard InChI is InChI=1S/C11H10N2O2S/c1-8-2-3-9(15-8)4-5-10(14)13-11-12-6-7-16-11/h2-7H,1H3,(H,12,13,14). The van der Waals surface area contributed by atoms with Gasteiger partial charge in [-0.05, 0) is 25.1 Å². The second-order valence-corrected chi connectivity index (χ2v) is 4.00. The summed E-state index contributed by atoms with van der Waals surface area (Å²) in [5.41, 5.74) is 0. The molecule has 0 aliphatic carbocycles. The molecule has 0 saturated heterocycles. The summed E-state index contributed by atoms with van der Waals surface area (Å²) in [5.74, 6) is 1.26. The molecule has 2 rings (SSSR count). The lowest BCUT2D eigenvalue weighted by Gasteiger charge is -1.94. The zero-order valence-electron chi connectivity index (χ0n) is 8.64. The van der Waals surface area contributed by atoms with E-state index in [-0.39, 0.29) is 5.91 Å². The third kappa shape index (κ3) is 2.80. The number of amides is 1. The Hall–Kier alpha value is -1.88. The molecule has 4 nitrogen and oxygen atoms in total. The Labute approximate surface area is 96.6 Å². The Morgan fingerprint density at radius 1 is 1.56 bits per heavy atom. The van der Waals surface area contributed by atoms with Gasteiger partial charge in [0.2, 0.25) is 5.91 Å². The SMILES string of the molecule is Cc1ccc(C=CC(=O)Nc2nccs2)o1. The molecular weight excluding hydrogens is 224 g/mol. The Bertz CT molecular complexity index is 500. The molecule has 0 aliphatic heterocycles. The van der Waals surface area contributed by atoms with Crippen LogP contribution in [0.2, 0.25) is 0 Å². The average Bonchev–Trinajstić information content (AvgIpc) is 2.87. The quantitative estimate of drug-likeness (QED) is 0.831. The number of carbonyl (C=O) groups excluding carboxylic acids is 1. The van der Waals surface area contributed by atoms with Crippen molar-refractivity contribution in [3.63, 3.8) is 0 Å². The van der Waals surface area contributed by atoms with Gasteiger partial charge in [-0.25, -0.2) is 4.98 Å². The fourth-order valence-corrected chi connectivity index (χ4v) is 1.66. The molecule has 0 atom stereocenters. The fourth-order valence-electron chi connectivity index (χ4n) is 1.13. The second-order valence-electron chi connectivity index (χ2n) is 3.11. The van der Waals surface area contributed by atoms with Gasteiger partial charge in [0.15, 0.2) is 5.13 Å². The number of hydrogen-bond donors (Lipinski definition) is 1. The Morgan fingerprint density at radius 3 is 3.06 bits per heavy atom. The fraction of sp³-hybridized carbons (Fsp3) is 0.0909. The number of anilines is 1. The summed E-state index contributed by atoms with van der Waals surface area (Å²) >= 11 is 1.38. The molecule has 0 saturated carbocycles. The van der Waals surface area contributed by atoms with Gasteiger partial charge >= 0.3 is 0 Å². The van der Waals surface area contributed by atoms with Gasteiger partial charge < -0.3 is 4.42 Å². The summed E-state index contributed by atoms with van der Waals surface area (Å²) in [6.07, 6.45) is 4.68. The zero-order valence-corrected chi connectivity index (χ0v) is 9.45. The molecule has 5 heteroatoms. The van der Waals surface area contributed by atoms with Crippen LogP contribution in [-0.2, 0) is 4.79 Å². The zero-order chi connectivity index (χ0) is 11.4. The number of furan rings is 1. The van der Waals surface area contributed by atoms with Crippen LogP contribution >= 0.6 is 11.3 Å². The topological polar surface area (TPSA) is 55.1 Å². The first-order valence-electron chi connectivity index (χ1n) is 4.69. The minimum atomic E-state index is -0.219. The monoisotopic (exact) mass is 234 g/mol. The van der Waals surface area contributed by atoms with Crippen LogP contribution < -0.4 is 5.32 Å². The number of rotatable bonds is 3. The first kappa shape index (κ1) is 10.6. The smallest absolute Gasteiger partial charge is 0.250 e. The highest BCUT2D eigenvalue weighted by Crippen LogP contribution is 2.11. The van der Waals surface area contributed by atoms with Crippen LogP contribution in [0, 0.1) is 6.92 Å². The molecule has 0 radical (unpaired) electrons. The van der Waals surface area contributed by atoms with Gasteiger partial charge in [-0.15, -0.1) is 11.3 Å². The number of aromatic nitrogens is 1. The normalized spacial score (nSPS) is 10.8. The number of nitrogens with zero attached hydrogens (tertiary/aromatic N) is 1. The van der Waals surface area contributed by atoms with Crippen molar-refractivity contribution in [2.45, 2.75) is 6.92 Å². The second kappa shape index (κ2) is 4.76. The van der Waals surface area contributed by atoms with Crippen molar-refractivity contribution in [2.75, 3.05) is 5.32 Å². The van der Waals surface area contributed by atoms with E-state index in [0.29, 0.717) is 10.9 Å². The van der Waals surface area contributed by atoms with E-state index in [1.165, 1.54) is 17.4 Å². The van der Waals surface area contributed by atoms with Crippen LogP contribution in [0.5, 0.6) is 0 Å². The molecule has 0 fully saturated rings. The summed E-state index contributed by atoms with van der Waals surface area (Å²) in [6.45, 7) is 1.85. The van der Waals surface area contributed by atoms with Crippen LogP contribution in [0.15, 0.2) is 34.2 Å². The first-order chi connectivity index (χ1) is 7.74. The summed E-state index contributed by atoms with van der Waals surface area (Å²) in [7, 11) is 0. The predicted octanol–water partition coefficient (Wildman–Crippen LogP) is 2.70. The number of aryl methyl sites for hydroxylation is 1. The number of thiazole rings is 1. The van der Waals surface area contributed by atoms with Crippen molar-refractivity contribution in [1.82, 2.24) is 4.98 Å². The Kier molecular flexibility index (Phi) is 3.16. The molecule has 2 heterocycles. The molecule has 82 valence electrons. The van der Waals surface area contributed by atoms with E-state index in [0.717, 1.165) is 5.76 Å². The van der Waals surface area contributed by atoms with E-state index in [2.05, 4.69) is 10.3 Å². The maximum absolute atomic E-state index is 11.4. The summed E-state index contributed by atoms with van der Waals surface area (Å²) in [4.78, 5) is 15.4. The van der Waals surface area contributed by atoms with E-state index >= 15 is 0 Å². The predicted molar refractivity (Wildman–Crippen MR) is 63.2 cm³/mol. The van der Waals surface area contributed by atoms with Crippen LogP contribution in [0.3, 0.4) is 0 Å². The number of carbonyl (C=O) groups is 1. The van der Waals surface area contributed by atoms with Crippen LogP contribution in [-0.4, -0.2) is 10.9 Å². The lowest BCUT2D eigenvalue weighted by atomic mass is 10.4. The van der Waals surface area contributed by atoms with E-state index in [1.54, 1.807) is 17.7 Å². The molecule has 0 aromatic carbocycles. The van der Waals surface area contributed by atoms with E-state index < -0.39 is 0 Å². The van der Waals surface area contributed by atoms with Crippen LogP contribution in [0.1, 0.15) is 11.5 Å². The molecular formula is C11H10N2O2S. The molecule has 0 unspecified atom stereocenters. The van der Waals surface area contributed by atoms with Gasteiger partial charge in [-0.3, -0.25) is 10.1 Å². The van der Waals surface area contributed by atoms with E-state index in [4.69, 9.17) is 4.42 Å². The van der Waals surface area contributed by atoms with Crippen molar-refractivity contribution in [3.05, 3.63) is 41.3 Å². The van der Waals surface area contributed by atoms with Crippen molar-refractivity contribution < 1.29 is 9.21 Å². The molecule has 1 N–H and O–H groups in total. The third-order valence-electron chi connectivity index (χ3n) is 1.82. The lowest BCUT2D eigenvalue weighted by molar-refractivity contribution is -0.111. The molecule has 2 aromatic heterocycles. The van der Waals surface area contributed by atoms with Gasteiger partial charge in [-0.1, -0.05) is 0 Å². The van der Waals surface area contributed by atoms with Gasteiger partial charge in [0.25, 0.3) is 0 Å². The third-order valence-corrected chi connectivity index (χ3v) is 2.51. The van der Waals surface area contributed by atoms with Crippen LogP contribution in [0.4, 0.5) is 5.13 Å². The Balaban J connectivity index is 1.94. The molecule has 2 aromatic rings. The van der Waals surface area contributed by atoms with Crippen molar-refractivity contribution in [3.8, 4) is 0 Å². The largest absolute Gasteiger partial charge is 0.462 e. The summed E-state index contributed by atoms with van der Waals surface area (Å²) < 4.78 is 5.29. The van der Waals surface area contributed by atoms with E-state index in [9.17, 15) is 4.79 Å². The molecule has 1 amide bonds. The molecule has 0 spiro atoms. The summed E-state index contributed by atoms with van der Waals surface area (Å²) in [5, 5.41) is 5.03. The highest BCUT2D eigenvalue weighted by Gasteiger charge is 2.00. The molecule has 0 bridgehead atoms. The van der Waals surface area contributed by atoms with Crippen molar-refractivity contribution in [2.24, 2.45) is 0 Å². The number of nitrogens with one attached hydrogen (secondary N) is 1. The maximum atomic E-state index is 11.4. The van der Waals surface area contributed by atoms with Crippen molar-refractivity contribution in [1.29, 1.82) is 0 Å². The lowest BCUT2D eigenvalue weighted by Crippen LogP contribution is -2.06. The van der Waals surface area contributed by atoms with Gasteiger partial charge in [-0.2, -0.15) is 0 Å². The minimum absolute atomic E-state index is 0.219. The van der Waals surface area contributed by atoms with Gasteiger partial charge in [0.05, 0.1) is 0 Å². The Morgan fingerprint density at radius 2 is 2.44 bits per heavy atom. The van der Waals surface area contributed by atoms with Gasteiger partial charge in [0.1, 0.15) is 11.5 Å². The highest BCUT2D eigenvalue weighted by molar-refractivity contribution is 7.13. The van der Waals surface area contributed by atoms with E-state index in [1.807, 2.05) is 19.1 Å². The summed E-state index contributed by atoms with van der Waals surface area (Å²) in [6, 6.07) is 3.65. The average molecular weight is 234 g/mol. The van der Waals surface area contributed by atoms with Gasteiger partial charge in [0, 0.05) is 17.7 Å². The maximum Gasteiger partial charge on any atom is 0.250 e. The highest BCUT2D eigenvalue weighted by atomic mass is 32.1.